The van der Waals surface area contributed by atoms with Crippen molar-refractivity contribution in [1.29, 1.82) is 0 Å². The molecule has 0 saturated heterocycles. The first kappa shape index (κ1) is 21.2. The third kappa shape index (κ3) is 5.19. The van der Waals surface area contributed by atoms with Crippen molar-refractivity contribution in [2.45, 2.75) is 13.0 Å². The van der Waals surface area contributed by atoms with Crippen molar-refractivity contribution in [3.63, 3.8) is 0 Å². The maximum absolute atomic E-state index is 14.4. The summed E-state index contributed by atoms with van der Waals surface area (Å²) in [6.45, 7) is 0.637. The summed E-state index contributed by atoms with van der Waals surface area (Å²) in [4.78, 5) is 17.0. The Morgan fingerprint density at radius 2 is 1.96 bits per heavy atom. The molecule has 1 amide bonds. The summed E-state index contributed by atoms with van der Waals surface area (Å²) in [5.41, 5.74) is 1.42. The lowest BCUT2D eigenvalue weighted by Gasteiger charge is -2.16. The molecular formula is C17H16BrF3N2O4. The van der Waals surface area contributed by atoms with Gasteiger partial charge in [-0.2, -0.15) is 0 Å². The zero-order valence-electron chi connectivity index (χ0n) is 14.0. The van der Waals surface area contributed by atoms with Crippen molar-refractivity contribution in [3.05, 3.63) is 57.3 Å². The molecule has 10 heteroatoms. The molecule has 1 unspecified atom stereocenters. The summed E-state index contributed by atoms with van der Waals surface area (Å²) in [6, 6.07) is 5.06. The van der Waals surface area contributed by atoms with E-state index in [0.29, 0.717) is 5.56 Å². The summed E-state index contributed by atoms with van der Waals surface area (Å²) >= 11 is 2.80. The van der Waals surface area contributed by atoms with Gasteiger partial charge >= 0.3 is 0 Å². The number of amides is 1. The van der Waals surface area contributed by atoms with E-state index in [1.807, 2.05) is 5.48 Å². The Balaban J connectivity index is 2.34. The molecule has 0 heterocycles. The highest BCUT2D eigenvalue weighted by atomic mass is 79.9. The third-order valence-electron chi connectivity index (χ3n) is 3.44. The minimum absolute atomic E-state index is 0.160. The predicted octanol–water partition coefficient (Wildman–Crippen LogP) is 2.93. The average molecular weight is 449 g/mol. The zero-order chi connectivity index (χ0) is 20.1. The first-order valence-electron chi connectivity index (χ1n) is 7.66. The number of aliphatic hydroxyl groups is 2. The molecule has 0 fully saturated rings. The molecule has 0 aliphatic rings. The smallest absolute Gasteiger partial charge is 0.277 e. The third-order valence-corrected chi connectivity index (χ3v) is 4.02. The lowest BCUT2D eigenvalue weighted by molar-refractivity contribution is -0.0295. The number of hydroxylamine groups is 1. The minimum Gasteiger partial charge on any atom is -0.394 e. The Morgan fingerprint density at radius 3 is 2.59 bits per heavy atom. The van der Waals surface area contributed by atoms with Gasteiger partial charge in [-0.05, 0) is 46.6 Å². The highest BCUT2D eigenvalue weighted by molar-refractivity contribution is 9.10. The van der Waals surface area contributed by atoms with Crippen LogP contribution in [0.2, 0.25) is 0 Å². The molecule has 0 bridgehead atoms. The predicted molar refractivity (Wildman–Crippen MR) is 95.0 cm³/mol. The second-order valence-electron chi connectivity index (χ2n) is 5.60. The van der Waals surface area contributed by atoms with E-state index in [-0.39, 0.29) is 15.7 Å². The molecule has 0 spiro atoms. The fourth-order valence-corrected chi connectivity index (χ4v) is 2.47. The quantitative estimate of drug-likeness (QED) is 0.386. The number of nitrogens with one attached hydrogen (secondary N) is 2. The van der Waals surface area contributed by atoms with E-state index in [9.17, 15) is 23.1 Å². The van der Waals surface area contributed by atoms with E-state index in [1.165, 1.54) is 12.1 Å². The first-order chi connectivity index (χ1) is 12.7. The highest BCUT2D eigenvalue weighted by Gasteiger charge is 2.23. The largest absolute Gasteiger partial charge is 0.394 e. The van der Waals surface area contributed by atoms with Gasteiger partial charge in [0.1, 0.15) is 18.5 Å². The number of aliphatic hydroxyl groups excluding tert-OH is 2. The van der Waals surface area contributed by atoms with Gasteiger partial charge < -0.3 is 15.5 Å². The molecule has 2 aromatic rings. The summed E-state index contributed by atoms with van der Waals surface area (Å²) in [5, 5.41) is 20.2. The van der Waals surface area contributed by atoms with Gasteiger partial charge in [0.05, 0.1) is 28.0 Å². The molecule has 4 N–H and O–H groups in total. The van der Waals surface area contributed by atoms with Crippen molar-refractivity contribution in [2.24, 2.45) is 0 Å². The van der Waals surface area contributed by atoms with Gasteiger partial charge in [-0.3, -0.25) is 9.63 Å². The minimum atomic E-state index is -1.40. The Bertz CT molecular complexity index is 851. The van der Waals surface area contributed by atoms with Crippen LogP contribution >= 0.6 is 15.9 Å². The maximum atomic E-state index is 14.4. The van der Waals surface area contributed by atoms with E-state index < -0.39 is 48.4 Å². The molecule has 0 saturated carbocycles. The number of hydrogen-bond donors (Lipinski definition) is 4. The normalized spacial score (nSPS) is 12.0. The van der Waals surface area contributed by atoms with E-state index in [4.69, 9.17) is 9.94 Å². The molecule has 2 aromatic carbocycles. The van der Waals surface area contributed by atoms with Crippen LogP contribution in [-0.2, 0) is 4.84 Å². The molecule has 146 valence electrons. The van der Waals surface area contributed by atoms with Gasteiger partial charge in [0.25, 0.3) is 5.91 Å². The Kier molecular flexibility index (Phi) is 7.19. The molecule has 0 aliphatic heterocycles. The van der Waals surface area contributed by atoms with Crippen LogP contribution in [0.1, 0.15) is 15.9 Å². The molecule has 2 rings (SSSR count). The van der Waals surface area contributed by atoms with Crippen LogP contribution in [0.5, 0.6) is 0 Å². The van der Waals surface area contributed by atoms with Crippen LogP contribution in [0.4, 0.5) is 24.5 Å². The molecule has 0 aromatic heterocycles. The molecule has 0 aliphatic carbocycles. The number of halogens is 4. The van der Waals surface area contributed by atoms with Crippen molar-refractivity contribution in [3.8, 4) is 0 Å². The number of carbonyl (C=O) groups is 1. The van der Waals surface area contributed by atoms with Gasteiger partial charge in [0, 0.05) is 0 Å². The lowest BCUT2D eigenvalue weighted by atomic mass is 10.1. The number of hydrogen-bond acceptors (Lipinski definition) is 5. The monoisotopic (exact) mass is 448 g/mol. The van der Waals surface area contributed by atoms with Crippen LogP contribution in [0, 0.1) is 24.4 Å². The van der Waals surface area contributed by atoms with Crippen molar-refractivity contribution in [2.75, 3.05) is 18.5 Å². The highest BCUT2D eigenvalue weighted by Crippen LogP contribution is 2.32. The summed E-state index contributed by atoms with van der Waals surface area (Å²) in [5.74, 6) is -4.36. The second-order valence-corrected chi connectivity index (χ2v) is 6.45. The average Bonchev–Trinajstić information content (AvgIpc) is 2.63. The van der Waals surface area contributed by atoms with Gasteiger partial charge in [-0.15, -0.1) is 0 Å². The van der Waals surface area contributed by atoms with Crippen LogP contribution in [0.3, 0.4) is 0 Å². The van der Waals surface area contributed by atoms with E-state index in [0.717, 1.165) is 6.07 Å². The van der Waals surface area contributed by atoms with Crippen molar-refractivity contribution in [1.82, 2.24) is 5.48 Å². The van der Waals surface area contributed by atoms with Crippen LogP contribution in [0.25, 0.3) is 0 Å². The SMILES string of the molecule is Cc1ccc(Nc2c(C(=O)NOCC(O)CO)cc(Br)c(F)c2F)c(F)c1. The fraction of sp³-hybridized carbons (Fsp3) is 0.235. The molecule has 27 heavy (non-hydrogen) atoms. The molecule has 0 radical (unpaired) electrons. The van der Waals surface area contributed by atoms with Crippen LogP contribution in [-0.4, -0.2) is 35.4 Å². The van der Waals surface area contributed by atoms with Gasteiger partial charge in [-0.25, -0.2) is 18.7 Å². The first-order valence-corrected chi connectivity index (χ1v) is 8.45. The van der Waals surface area contributed by atoms with Crippen LogP contribution < -0.4 is 10.8 Å². The number of benzene rings is 2. The summed E-state index contributed by atoms with van der Waals surface area (Å²) in [6.07, 6.45) is -1.23. The number of anilines is 2. The van der Waals surface area contributed by atoms with Gasteiger partial charge in [0.15, 0.2) is 11.6 Å². The molecule has 6 nitrogen and oxygen atoms in total. The van der Waals surface area contributed by atoms with Crippen molar-refractivity contribution < 1.29 is 33.0 Å². The fourth-order valence-electron chi connectivity index (χ4n) is 2.06. The Hall–Kier alpha value is -2.14. The Labute approximate surface area is 161 Å². The van der Waals surface area contributed by atoms with Gasteiger partial charge in [-0.1, -0.05) is 6.07 Å². The number of carbonyl (C=O) groups excluding carboxylic acids is 1. The number of aryl methyl sites for hydroxylation is 1. The molecule has 1 atom stereocenters. The lowest BCUT2D eigenvalue weighted by Crippen LogP contribution is -2.30. The van der Waals surface area contributed by atoms with Crippen LogP contribution in [0.15, 0.2) is 28.7 Å². The molecular weight excluding hydrogens is 433 g/mol. The van der Waals surface area contributed by atoms with Crippen molar-refractivity contribution >= 4 is 33.2 Å². The standard InChI is InChI=1S/C17H16BrF3N2O4/c1-8-2-3-13(12(19)4-8)22-16-10(5-11(18)14(20)15(16)21)17(26)23-27-7-9(25)6-24/h2-5,9,22,24-25H,6-7H2,1H3,(H,23,26). The van der Waals surface area contributed by atoms with E-state index in [2.05, 4.69) is 21.2 Å². The summed E-state index contributed by atoms with van der Waals surface area (Å²) < 4.78 is 42.1. The Morgan fingerprint density at radius 1 is 1.26 bits per heavy atom. The van der Waals surface area contributed by atoms with Gasteiger partial charge in [0.2, 0.25) is 0 Å². The maximum Gasteiger partial charge on any atom is 0.277 e. The number of rotatable bonds is 7. The van der Waals surface area contributed by atoms with E-state index >= 15 is 0 Å². The topological polar surface area (TPSA) is 90.8 Å². The van der Waals surface area contributed by atoms with E-state index in [1.54, 1.807) is 13.0 Å². The zero-order valence-corrected chi connectivity index (χ0v) is 15.6. The second kappa shape index (κ2) is 9.18. The summed E-state index contributed by atoms with van der Waals surface area (Å²) in [7, 11) is 0.